The highest BCUT2D eigenvalue weighted by Gasteiger charge is 2.11. The van der Waals surface area contributed by atoms with Crippen molar-refractivity contribution >= 4 is 23.4 Å². The summed E-state index contributed by atoms with van der Waals surface area (Å²) < 4.78 is 0. The Morgan fingerprint density at radius 3 is 2.83 bits per heavy atom. The molecule has 0 amide bonds. The molecule has 1 fully saturated rings. The first-order valence-corrected chi connectivity index (χ1v) is 6.39. The normalized spacial score (nSPS) is 15.8. The molecule has 0 radical (unpaired) electrons. The van der Waals surface area contributed by atoms with Gasteiger partial charge in [-0.3, -0.25) is 0 Å². The zero-order chi connectivity index (χ0) is 13.0. The van der Waals surface area contributed by atoms with Gasteiger partial charge in [-0.15, -0.1) is 0 Å². The Bertz CT molecular complexity index is 433. The number of hydrogen-bond donors (Lipinski definition) is 2. The highest BCUT2D eigenvalue weighted by atomic mass is 35.5. The molecule has 1 aliphatic heterocycles. The van der Waals surface area contributed by atoms with Crippen molar-refractivity contribution in [3.05, 3.63) is 22.8 Å². The van der Waals surface area contributed by atoms with Crippen LogP contribution < -0.4 is 5.32 Å². The van der Waals surface area contributed by atoms with Gasteiger partial charge < -0.3 is 15.3 Å². The van der Waals surface area contributed by atoms with Crippen molar-refractivity contribution in [2.45, 2.75) is 12.8 Å². The van der Waals surface area contributed by atoms with E-state index >= 15 is 0 Å². The fourth-order valence-electron chi connectivity index (χ4n) is 2.02. The average molecular weight is 270 g/mol. The average Bonchev–Trinajstić information content (AvgIpc) is 2.84. The molecule has 2 rings (SSSR count). The molecule has 0 saturated carbocycles. The van der Waals surface area contributed by atoms with E-state index in [1.54, 1.807) is 0 Å². The number of aromatic nitrogens is 1. The standard InChI is InChI=1S/C12H16ClN3O2/c13-10-7-9(12(17)18)8-15-11(10)14-3-6-16-4-1-2-5-16/h7-8H,1-6H2,(H,14,15)(H,17,18). The molecule has 0 unspecified atom stereocenters. The summed E-state index contributed by atoms with van der Waals surface area (Å²) in [4.78, 5) is 17.1. The van der Waals surface area contributed by atoms with E-state index in [2.05, 4.69) is 15.2 Å². The van der Waals surface area contributed by atoms with Crippen molar-refractivity contribution in [1.82, 2.24) is 9.88 Å². The zero-order valence-corrected chi connectivity index (χ0v) is 10.8. The van der Waals surface area contributed by atoms with Gasteiger partial charge in [-0.05, 0) is 32.0 Å². The molecule has 2 N–H and O–H groups in total. The van der Waals surface area contributed by atoms with Crippen LogP contribution in [0.3, 0.4) is 0 Å². The number of nitrogens with one attached hydrogen (secondary N) is 1. The van der Waals surface area contributed by atoms with Gasteiger partial charge in [-0.25, -0.2) is 9.78 Å². The molecule has 1 saturated heterocycles. The van der Waals surface area contributed by atoms with Gasteiger partial charge in [0, 0.05) is 19.3 Å². The lowest BCUT2D eigenvalue weighted by Crippen LogP contribution is -2.26. The van der Waals surface area contributed by atoms with Crippen molar-refractivity contribution in [2.75, 3.05) is 31.5 Å². The lowest BCUT2D eigenvalue weighted by Gasteiger charge is -2.15. The molecular formula is C12H16ClN3O2. The minimum atomic E-state index is -1.02. The van der Waals surface area contributed by atoms with Crippen LogP contribution in [0.25, 0.3) is 0 Å². The highest BCUT2D eigenvalue weighted by molar-refractivity contribution is 6.33. The second-order valence-corrected chi connectivity index (χ2v) is 4.74. The summed E-state index contributed by atoms with van der Waals surface area (Å²) in [6.07, 6.45) is 3.85. The highest BCUT2D eigenvalue weighted by Crippen LogP contribution is 2.20. The number of halogens is 1. The van der Waals surface area contributed by atoms with E-state index in [0.717, 1.165) is 26.2 Å². The van der Waals surface area contributed by atoms with Gasteiger partial charge in [0.15, 0.2) is 0 Å². The number of aromatic carboxylic acids is 1. The molecule has 1 aliphatic rings. The number of carboxylic acids is 1. The predicted molar refractivity (Wildman–Crippen MR) is 70.4 cm³/mol. The van der Waals surface area contributed by atoms with E-state index in [1.807, 2.05) is 0 Å². The number of hydrogen-bond acceptors (Lipinski definition) is 4. The zero-order valence-electron chi connectivity index (χ0n) is 10.0. The first-order chi connectivity index (χ1) is 8.66. The summed E-state index contributed by atoms with van der Waals surface area (Å²) >= 11 is 5.97. The Morgan fingerprint density at radius 1 is 1.50 bits per heavy atom. The van der Waals surface area contributed by atoms with Crippen molar-refractivity contribution in [2.24, 2.45) is 0 Å². The maximum absolute atomic E-state index is 10.7. The molecule has 1 aromatic rings. The second kappa shape index (κ2) is 6.02. The molecule has 98 valence electrons. The Balaban J connectivity index is 1.87. The summed E-state index contributed by atoms with van der Waals surface area (Å²) in [5, 5.41) is 12.3. The molecular weight excluding hydrogens is 254 g/mol. The minimum absolute atomic E-state index is 0.102. The van der Waals surface area contributed by atoms with Crippen molar-refractivity contribution in [3.8, 4) is 0 Å². The third-order valence-corrected chi connectivity index (χ3v) is 3.30. The van der Waals surface area contributed by atoms with Crippen molar-refractivity contribution < 1.29 is 9.90 Å². The first kappa shape index (κ1) is 13.1. The van der Waals surface area contributed by atoms with E-state index in [1.165, 1.54) is 25.1 Å². The number of carboxylic acid groups (broad SMARTS) is 1. The Kier molecular flexibility index (Phi) is 4.38. The largest absolute Gasteiger partial charge is 0.478 e. The fourth-order valence-corrected chi connectivity index (χ4v) is 2.26. The Morgan fingerprint density at radius 2 is 2.22 bits per heavy atom. The number of likely N-dealkylation sites (tertiary alicyclic amines) is 1. The van der Waals surface area contributed by atoms with Crippen LogP contribution >= 0.6 is 11.6 Å². The molecule has 0 bridgehead atoms. The van der Waals surface area contributed by atoms with E-state index in [9.17, 15) is 4.79 Å². The maximum atomic E-state index is 10.7. The van der Waals surface area contributed by atoms with Gasteiger partial charge in [0.1, 0.15) is 5.82 Å². The van der Waals surface area contributed by atoms with Crippen LogP contribution in [-0.2, 0) is 0 Å². The predicted octanol–water partition coefficient (Wildman–Crippen LogP) is 1.94. The molecule has 0 spiro atoms. The van der Waals surface area contributed by atoms with Crippen LogP contribution in [0.15, 0.2) is 12.3 Å². The van der Waals surface area contributed by atoms with Crippen LogP contribution in [0.1, 0.15) is 23.2 Å². The summed E-state index contributed by atoms with van der Waals surface area (Å²) in [6.45, 7) is 4.03. The van der Waals surface area contributed by atoms with E-state index in [0.29, 0.717) is 10.8 Å². The SMILES string of the molecule is O=C(O)c1cnc(NCCN2CCCC2)c(Cl)c1. The Labute approximate surface area is 111 Å². The molecule has 2 heterocycles. The van der Waals surface area contributed by atoms with Crippen LogP contribution in [-0.4, -0.2) is 47.1 Å². The number of nitrogens with zero attached hydrogens (tertiary/aromatic N) is 2. The number of rotatable bonds is 5. The third-order valence-electron chi connectivity index (χ3n) is 3.01. The fraction of sp³-hybridized carbons (Fsp3) is 0.500. The van der Waals surface area contributed by atoms with E-state index in [4.69, 9.17) is 16.7 Å². The van der Waals surface area contributed by atoms with Crippen LogP contribution in [0.4, 0.5) is 5.82 Å². The molecule has 0 aromatic carbocycles. The van der Waals surface area contributed by atoms with Crippen molar-refractivity contribution in [3.63, 3.8) is 0 Å². The topological polar surface area (TPSA) is 65.5 Å². The lowest BCUT2D eigenvalue weighted by atomic mass is 10.3. The molecule has 0 atom stereocenters. The number of pyridine rings is 1. The van der Waals surface area contributed by atoms with Gasteiger partial charge in [0.2, 0.25) is 0 Å². The summed E-state index contributed by atoms with van der Waals surface area (Å²) in [6, 6.07) is 1.41. The molecule has 1 aromatic heterocycles. The summed E-state index contributed by atoms with van der Waals surface area (Å²) in [5.74, 6) is -0.478. The van der Waals surface area contributed by atoms with Crippen LogP contribution in [0.5, 0.6) is 0 Å². The number of anilines is 1. The van der Waals surface area contributed by atoms with Gasteiger partial charge in [-0.2, -0.15) is 0 Å². The van der Waals surface area contributed by atoms with Gasteiger partial charge in [-0.1, -0.05) is 11.6 Å². The first-order valence-electron chi connectivity index (χ1n) is 6.02. The summed E-state index contributed by atoms with van der Waals surface area (Å²) in [7, 11) is 0. The lowest BCUT2D eigenvalue weighted by molar-refractivity contribution is 0.0696. The van der Waals surface area contributed by atoms with Crippen LogP contribution in [0.2, 0.25) is 5.02 Å². The third kappa shape index (κ3) is 3.34. The van der Waals surface area contributed by atoms with E-state index in [-0.39, 0.29) is 5.56 Å². The van der Waals surface area contributed by atoms with Gasteiger partial charge in [0.25, 0.3) is 0 Å². The summed E-state index contributed by atoms with van der Waals surface area (Å²) in [5.41, 5.74) is 0.102. The van der Waals surface area contributed by atoms with Gasteiger partial charge >= 0.3 is 5.97 Å². The minimum Gasteiger partial charge on any atom is -0.478 e. The Hall–Kier alpha value is -1.33. The maximum Gasteiger partial charge on any atom is 0.337 e. The van der Waals surface area contributed by atoms with E-state index < -0.39 is 5.97 Å². The van der Waals surface area contributed by atoms with Crippen molar-refractivity contribution in [1.29, 1.82) is 0 Å². The smallest absolute Gasteiger partial charge is 0.337 e. The second-order valence-electron chi connectivity index (χ2n) is 4.34. The van der Waals surface area contributed by atoms with Crippen LogP contribution in [0, 0.1) is 0 Å². The quantitative estimate of drug-likeness (QED) is 0.855. The molecule has 5 nitrogen and oxygen atoms in total. The monoisotopic (exact) mass is 269 g/mol. The molecule has 0 aliphatic carbocycles. The molecule has 18 heavy (non-hydrogen) atoms. The number of carbonyl (C=O) groups is 1. The van der Waals surface area contributed by atoms with Gasteiger partial charge in [0.05, 0.1) is 10.6 Å². The molecule has 6 heteroatoms.